The van der Waals surface area contributed by atoms with Crippen molar-refractivity contribution in [3.8, 4) is 0 Å². The molecule has 112 valence electrons. The fourth-order valence-electron chi connectivity index (χ4n) is 2.81. The van der Waals surface area contributed by atoms with Gasteiger partial charge in [-0.25, -0.2) is 4.79 Å². The van der Waals surface area contributed by atoms with E-state index in [1.165, 1.54) is 30.6 Å². The molecule has 1 unspecified atom stereocenters. The van der Waals surface area contributed by atoms with E-state index in [4.69, 9.17) is 0 Å². The van der Waals surface area contributed by atoms with Crippen molar-refractivity contribution in [2.24, 2.45) is 5.92 Å². The maximum atomic E-state index is 11.5. The van der Waals surface area contributed by atoms with Gasteiger partial charge in [0.2, 0.25) is 0 Å². The van der Waals surface area contributed by atoms with Gasteiger partial charge in [-0.15, -0.1) is 11.3 Å². The van der Waals surface area contributed by atoms with Crippen LogP contribution in [0.5, 0.6) is 0 Å². The fraction of sp³-hybridized carbons (Fsp3) is 0.667. The van der Waals surface area contributed by atoms with Gasteiger partial charge in [0, 0.05) is 38.1 Å². The number of thiophene rings is 1. The zero-order chi connectivity index (χ0) is 14.4. The van der Waals surface area contributed by atoms with Gasteiger partial charge in [-0.2, -0.15) is 0 Å². The molecular weight excluding hydrogens is 270 g/mol. The van der Waals surface area contributed by atoms with Crippen LogP contribution in [-0.2, 0) is 0 Å². The molecule has 1 aliphatic carbocycles. The predicted molar refractivity (Wildman–Crippen MR) is 84.1 cm³/mol. The van der Waals surface area contributed by atoms with Crippen LogP contribution in [0.4, 0.5) is 4.79 Å². The van der Waals surface area contributed by atoms with Crippen molar-refractivity contribution in [3.05, 3.63) is 22.4 Å². The quantitative estimate of drug-likeness (QED) is 0.793. The first kappa shape index (κ1) is 15.3. The number of nitrogens with zero attached hydrogens (tertiary/aromatic N) is 1. The summed E-state index contributed by atoms with van der Waals surface area (Å²) in [7, 11) is 3.52. The van der Waals surface area contributed by atoms with E-state index in [0.717, 1.165) is 12.5 Å². The zero-order valence-electron chi connectivity index (χ0n) is 12.4. The summed E-state index contributed by atoms with van der Waals surface area (Å²) >= 11 is 1.83. The minimum Gasteiger partial charge on any atom is -0.337 e. The average molecular weight is 295 g/mol. The number of hydrogen-bond acceptors (Lipinski definition) is 3. The maximum Gasteiger partial charge on any atom is 0.316 e. The largest absolute Gasteiger partial charge is 0.337 e. The summed E-state index contributed by atoms with van der Waals surface area (Å²) in [6.07, 6.45) is 5.34. The number of nitrogens with one attached hydrogen (secondary N) is 2. The second-order valence-corrected chi connectivity index (χ2v) is 6.60. The van der Waals surface area contributed by atoms with Gasteiger partial charge in [-0.3, -0.25) is 0 Å². The van der Waals surface area contributed by atoms with Crippen molar-refractivity contribution < 1.29 is 4.79 Å². The summed E-state index contributed by atoms with van der Waals surface area (Å²) in [5.74, 6) is 0.748. The normalized spacial score (nSPS) is 17.1. The molecule has 2 amide bonds. The lowest BCUT2D eigenvalue weighted by molar-refractivity contribution is 0.217. The van der Waals surface area contributed by atoms with Crippen LogP contribution in [0, 0.1) is 5.92 Å². The summed E-state index contributed by atoms with van der Waals surface area (Å²) in [4.78, 5) is 14.5. The van der Waals surface area contributed by atoms with Gasteiger partial charge in [0.15, 0.2) is 0 Å². The highest BCUT2D eigenvalue weighted by Crippen LogP contribution is 2.37. The molecule has 2 rings (SSSR count). The Morgan fingerprint density at radius 1 is 1.40 bits per heavy atom. The highest BCUT2D eigenvalue weighted by molar-refractivity contribution is 7.10. The molecule has 1 fully saturated rings. The van der Waals surface area contributed by atoms with E-state index in [9.17, 15) is 4.79 Å². The average Bonchev–Trinajstić information content (AvgIpc) is 3.11. The molecule has 1 aromatic heterocycles. The highest BCUT2D eigenvalue weighted by Gasteiger charge is 2.26. The molecule has 0 saturated heterocycles. The Balaban J connectivity index is 1.81. The molecule has 0 aromatic carbocycles. The molecule has 1 saturated carbocycles. The van der Waals surface area contributed by atoms with Gasteiger partial charge in [0.05, 0.1) is 0 Å². The number of carbonyl (C=O) groups is 1. The van der Waals surface area contributed by atoms with Gasteiger partial charge < -0.3 is 15.5 Å². The third-order valence-electron chi connectivity index (χ3n) is 3.89. The second kappa shape index (κ2) is 7.64. The molecule has 1 atom stereocenters. The molecule has 1 aromatic rings. The standard InChI is InChI=1S/C15H25N3OS/c1-18(2)15(19)17-10-9-16-14(12-6-3-4-7-12)13-8-5-11-20-13/h5,8,11-12,14,16H,3-4,6-7,9-10H2,1-2H3,(H,17,19). The van der Waals surface area contributed by atoms with E-state index in [0.29, 0.717) is 12.6 Å². The van der Waals surface area contributed by atoms with Gasteiger partial charge >= 0.3 is 6.03 Å². The van der Waals surface area contributed by atoms with E-state index < -0.39 is 0 Å². The van der Waals surface area contributed by atoms with E-state index in [2.05, 4.69) is 28.1 Å². The van der Waals surface area contributed by atoms with Crippen LogP contribution in [0.15, 0.2) is 17.5 Å². The molecule has 2 N–H and O–H groups in total. The van der Waals surface area contributed by atoms with Gasteiger partial charge in [0.25, 0.3) is 0 Å². The van der Waals surface area contributed by atoms with Crippen LogP contribution in [0.3, 0.4) is 0 Å². The maximum absolute atomic E-state index is 11.5. The number of hydrogen-bond donors (Lipinski definition) is 2. The lowest BCUT2D eigenvalue weighted by Gasteiger charge is -2.24. The number of amides is 2. The van der Waals surface area contributed by atoms with E-state index in [-0.39, 0.29) is 6.03 Å². The van der Waals surface area contributed by atoms with Crippen LogP contribution < -0.4 is 10.6 Å². The van der Waals surface area contributed by atoms with Crippen molar-refractivity contribution in [2.75, 3.05) is 27.2 Å². The Hall–Kier alpha value is -1.07. The van der Waals surface area contributed by atoms with Crippen LogP contribution in [0.25, 0.3) is 0 Å². The lowest BCUT2D eigenvalue weighted by atomic mass is 9.97. The lowest BCUT2D eigenvalue weighted by Crippen LogP contribution is -2.39. The molecule has 0 spiro atoms. The van der Waals surface area contributed by atoms with Crippen molar-refractivity contribution in [1.29, 1.82) is 0 Å². The zero-order valence-corrected chi connectivity index (χ0v) is 13.2. The van der Waals surface area contributed by atoms with Gasteiger partial charge in [-0.05, 0) is 30.2 Å². The summed E-state index contributed by atoms with van der Waals surface area (Å²) in [6, 6.07) is 4.77. The minimum atomic E-state index is -0.0275. The predicted octanol–water partition coefficient (Wildman–Crippen LogP) is 2.84. The summed E-state index contributed by atoms with van der Waals surface area (Å²) < 4.78 is 0. The molecular formula is C15H25N3OS. The Morgan fingerprint density at radius 2 is 2.15 bits per heavy atom. The number of carbonyl (C=O) groups excluding carboxylic acids is 1. The first-order valence-corrected chi connectivity index (χ1v) is 8.28. The smallest absolute Gasteiger partial charge is 0.316 e. The Labute approximate surface area is 125 Å². The third kappa shape index (κ3) is 4.21. The fourth-order valence-corrected chi connectivity index (χ4v) is 3.71. The first-order chi connectivity index (χ1) is 9.68. The summed E-state index contributed by atoms with van der Waals surface area (Å²) in [6.45, 7) is 1.49. The minimum absolute atomic E-state index is 0.0275. The molecule has 0 bridgehead atoms. The van der Waals surface area contributed by atoms with Crippen LogP contribution in [0.1, 0.15) is 36.6 Å². The summed E-state index contributed by atoms with van der Waals surface area (Å²) in [5.41, 5.74) is 0. The number of urea groups is 1. The second-order valence-electron chi connectivity index (χ2n) is 5.62. The van der Waals surface area contributed by atoms with Crippen molar-refractivity contribution in [1.82, 2.24) is 15.5 Å². The SMILES string of the molecule is CN(C)C(=O)NCCNC(c1cccs1)C1CCCC1. The molecule has 5 heteroatoms. The van der Waals surface area contributed by atoms with Crippen LogP contribution >= 0.6 is 11.3 Å². The molecule has 1 aliphatic rings. The Bertz CT molecular complexity index is 399. The summed E-state index contributed by atoms with van der Waals surface area (Å²) in [5, 5.41) is 8.68. The topological polar surface area (TPSA) is 44.4 Å². The number of rotatable bonds is 6. The van der Waals surface area contributed by atoms with Crippen molar-refractivity contribution in [3.63, 3.8) is 0 Å². The van der Waals surface area contributed by atoms with E-state index in [1.54, 1.807) is 19.0 Å². The van der Waals surface area contributed by atoms with Gasteiger partial charge in [-0.1, -0.05) is 18.9 Å². The van der Waals surface area contributed by atoms with Crippen molar-refractivity contribution >= 4 is 17.4 Å². The molecule has 1 heterocycles. The molecule has 20 heavy (non-hydrogen) atoms. The third-order valence-corrected chi connectivity index (χ3v) is 4.85. The Morgan fingerprint density at radius 3 is 2.75 bits per heavy atom. The molecule has 0 radical (unpaired) electrons. The first-order valence-electron chi connectivity index (χ1n) is 7.40. The molecule has 4 nitrogen and oxygen atoms in total. The monoisotopic (exact) mass is 295 g/mol. The molecule has 0 aliphatic heterocycles. The highest BCUT2D eigenvalue weighted by atomic mass is 32.1. The van der Waals surface area contributed by atoms with Crippen LogP contribution in [-0.4, -0.2) is 38.1 Å². The van der Waals surface area contributed by atoms with E-state index >= 15 is 0 Å². The van der Waals surface area contributed by atoms with Crippen molar-refractivity contribution in [2.45, 2.75) is 31.7 Å². The van der Waals surface area contributed by atoms with E-state index in [1.807, 2.05) is 11.3 Å². The van der Waals surface area contributed by atoms with Gasteiger partial charge in [0.1, 0.15) is 0 Å². The Kier molecular flexibility index (Phi) is 5.86. The van der Waals surface area contributed by atoms with Crippen LogP contribution in [0.2, 0.25) is 0 Å².